The minimum atomic E-state index is 0.766. The van der Waals surface area contributed by atoms with Crippen molar-refractivity contribution in [1.82, 2.24) is 15.0 Å². The molecule has 144 valence electrons. The number of fused-ring (bicyclic) bond motifs is 1. The summed E-state index contributed by atoms with van der Waals surface area (Å²) in [6, 6.07) is 24.3. The number of nitrogens with zero attached hydrogens (tertiary/aromatic N) is 5. The maximum atomic E-state index is 4.89. The molecule has 0 spiro atoms. The van der Waals surface area contributed by atoms with Crippen LogP contribution in [0.4, 0.5) is 23.3 Å². The van der Waals surface area contributed by atoms with Crippen LogP contribution < -0.4 is 15.1 Å². The molecule has 1 aliphatic heterocycles. The molecule has 1 fully saturated rings. The highest BCUT2D eigenvalue weighted by atomic mass is 15.3. The zero-order valence-electron chi connectivity index (χ0n) is 16.1. The highest BCUT2D eigenvalue weighted by molar-refractivity contribution is 5.91. The average Bonchev–Trinajstić information content (AvgIpc) is 2.80. The Balaban J connectivity index is 1.42. The van der Waals surface area contributed by atoms with Crippen molar-refractivity contribution in [3.05, 3.63) is 79.0 Å². The zero-order chi connectivity index (χ0) is 19.5. The van der Waals surface area contributed by atoms with Gasteiger partial charge in [-0.1, -0.05) is 36.4 Å². The van der Waals surface area contributed by atoms with Crippen LogP contribution in [-0.4, -0.2) is 41.1 Å². The molecule has 1 N–H and O–H groups in total. The summed E-state index contributed by atoms with van der Waals surface area (Å²) in [5.74, 6) is 2.63. The van der Waals surface area contributed by atoms with E-state index < -0.39 is 0 Å². The first kappa shape index (κ1) is 17.4. The standard InChI is InChI=1S/C23H22N6/c1-2-8-18(9-3-1)25-22-19-10-4-5-11-20(19)26-23(27-22)29-16-14-28(15-17-29)21-12-6-7-13-24-21/h1-13H,14-17H2,(H,25,26,27). The number of hydrogen-bond acceptors (Lipinski definition) is 6. The first-order chi connectivity index (χ1) is 14.4. The monoisotopic (exact) mass is 382 g/mol. The predicted octanol–water partition coefficient (Wildman–Crippen LogP) is 4.10. The lowest BCUT2D eigenvalue weighted by molar-refractivity contribution is 0.636. The van der Waals surface area contributed by atoms with Gasteiger partial charge in [0.05, 0.1) is 5.52 Å². The van der Waals surface area contributed by atoms with E-state index in [1.54, 1.807) is 0 Å². The van der Waals surface area contributed by atoms with Crippen LogP contribution in [0.1, 0.15) is 0 Å². The van der Waals surface area contributed by atoms with E-state index in [1.807, 2.05) is 66.9 Å². The largest absolute Gasteiger partial charge is 0.353 e. The highest BCUT2D eigenvalue weighted by Gasteiger charge is 2.21. The van der Waals surface area contributed by atoms with E-state index >= 15 is 0 Å². The van der Waals surface area contributed by atoms with Crippen molar-refractivity contribution in [3.8, 4) is 0 Å². The van der Waals surface area contributed by atoms with Crippen molar-refractivity contribution in [2.75, 3.05) is 41.3 Å². The van der Waals surface area contributed by atoms with Crippen LogP contribution in [0.2, 0.25) is 0 Å². The van der Waals surface area contributed by atoms with Gasteiger partial charge in [0.2, 0.25) is 5.95 Å². The van der Waals surface area contributed by atoms with Crippen molar-refractivity contribution >= 4 is 34.2 Å². The quantitative estimate of drug-likeness (QED) is 0.574. The fraction of sp³-hybridized carbons (Fsp3) is 0.174. The number of nitrogens with one attached hydrogen (secondary N) is 1. The lowest BCUT2D eigenvalue weighted by Gasteiger charge is -2.35. The number of benzene rings is 2. The van der Waals surface area contributed by atoms with E-state index in [0.29, 0.717) is 0 Å². The van der Waals surface area contributed by atoms with Crippen LogP contribution in [0, 0.1) is 0 Å². The van der Waals surface area contributed by atoms with E-state index in [2.05, 4.69) is 32.2 Å². The summed E-state index contributed by atoms with van der Waals surface area (Å²) in [5, 5.41) is 4.48. The molecule has 2 aromatic heterocycles. The molecule has 6 nitrogen and oxygen atoms in total. The fourth-order valence-electron chi connectivity index (χ4n) is 3.64. The Morgan fingerprint density at radius 1 is 0.690 bits per heavy atom. The second-order valence-corrected chi connectivity index (χ2v) is 7.04. The molecule has 5 rings (SSSR count). The van der Waals surface area contributed by atoms with E-state index in [9.17, 15) is 0 Å². The average molecular weight is 382 g/mol. The Morgan fingerprint density at radius 2 is 1.41 bits per heavy atom. The van der Waals surface area contributed by atoms with Gasteiger partial charge in [0, 0.05) is 43.4 Å². The number of anilines is 4. The van der Waals surface area contributed by atoms with Gasteiger partial charge >= 0.3 is 0 Å². The van der Waals surface area contributed by atoms with Gasteiger partial charge in [-0.25, -0.2) is 9.97 Å². The second-order valence-electron chi connectivity index (χ2n) is 7.04. The molecule has 0 unspecified atom stereocenters. The minimum Gasteiger partial charge on any atom is -0.353 e. The molecular weight excluding hydrogens is 360 g/mol. The van der Waals surface area contributed by atoms with Gasteiger partial charge in [0.1, 0.15) is 11.6 Å². The maximum Gasteiger partial charge on any atom is 0.228 e. The van der Waals surface area contributed by atoms with Gasteiger partial charge in [0.15, 0.2) is 0 Å². The number of hydrogen-bond donors (Lipinski definition) is 1. The van der Waals surface area contributed by atoms with Gasteiger partial charge < -0.3 is 15.1 Å². The molecule has 0 aliphatic carbocycles. The first-order valence-corrected chi connectivity index (χ1v) is 9.87. The van der Waals surface area contributed by atoms with Gasteiger partial charge in [0.25, 0.3) is 0 Å². The van der Waals surface area contributed by atoms with E-state index in [4.69, 9.17) is 9.97 Å². The summed E-state index contributed by atoms with van der Waals surface area (Å²) in [6.07, 6.45) is 1.84. The molecule has 0 atom stereocenters. The van der Waals surface area contributed by atoms with Gasteiger partial charge in [-0.3, -0.25) is 0 Å². The molecule has 1 saturated heterocycles. The lowest BCUT2D eigenvalue weighted by atomic mass is 10.2. The smallest absolute Gasteiger partial charge is 0.228 e. The Hall–Kier alpha value is -3.67. The normalized spacial score (nSPS) is 14.2. The Labute approximate surface area is 169 Å². The van der Waals surface area contributed by atoms with Gasteiger partial charge in [-0.2, -0.15) is 4.98 Å². The molecule has 3 heterocycles. The van der Waals surface area contributed by atoms with Crippen molar-refractivity contribution in [2.24, 2.45) is 0 Å². The molecule has 2 aromatic carbocycles. The minimum absolute atomic E-state index is 0.766. The third kappa shape index (κ3) is 3.69. The maximum absolute atomic E-state index is 4.89. The van der Waals surface area contributed by atoms with Crippen molar-refractivity contribution in [2.45, 2.75) is 0 Å². The van der Waals surface area contributed by atoms with Crippen LogP contribution in [0.3, 0.4) is 0 Å². The van der Waals surface area contributed by atoms with Crippen molar-refractivity contribution in [1.29, 1.82) is 0 Å². The Kier molecular flexibility index (Phi) is 4.66. The predicted molar refractivity (Wildman–Crippen MR) is 118 cm³/mol. The number of aromatic nitrogens is 3. The topological polar surface area (TPSA) is 57.2 Å². The SMILES string of the molecule is c1ccc(Nc2nc(N3CCN(c4ccccn4)CC3)nc3ccccc23)cc1. The summed E-state index contributed by atoms with van der Waals surface area (Å²) in [6.45, 7) is 3.52. The van der Waals surface area contributed by atoms with Gasteiger partial charge in [-0.15, -0.1) is 0 Å². The zero-order valence-corrected chi connectivity index (χ0v) is 16.1. The van der Waals surface area contributed by atoms with E-state index in [-0.39, 0.29) is 0 Å². The van der Waals surface area contributed by atoms with Crippen LogP contribution in [-0.2, 0) is 0 Å². The second kappa shape index (κ2) is 7.75. The van der Waals surface area contributed by atoms with E-state index in [1.165, 1.54) is 0 Å². The molecule has 0 bridgehead atoms. The Morgan fingerprint density at radius 3 is 2.21 bits per heavy atom. The molecule has 1 aliphatic rings. The first-order valence-electron chi connectivity index (χ1n) is 9.87. The third-order valence-electron chi connectivity index (χ3n) is 5.16. The summed E-state index contributed by atoms with van der Waals surface area (Å²) in [5.41, 5.74) is 1.96. The van der Waals surface area contributed by atoms with Gasteiger partial charge in [-0.05, 0) is 36.4 Å². The summed E-state index contributed by atoms with van der Waals surface area (Å²) >= 11 is 0. The Bertz CT molecular complexity index is 1090. The molecule has 29 heavy (non-hydrogen) atoms. The summed E-state index contributed by atoms with van der Waals surface area (Å²) < 4.78 is 0. The van der Waals surface area contributed by atoms with Crippen LogP contribution in [0.25, 0.3) is 10.9 Å². The van der Waals surface area contributed by atoms with Crippen LogP contribution in [0.5, 0.6) is 0 Å². The van der Waals surface area contributed by atoms with E-state index in [0.717, 1.165) is 60.4 Å². The number of rotatable bonds is 4. The fourth-order valence-corrected chi connectivity index (χ4v) is 3.64. The molecule has 0 radical (unpaired) electrons. The third-order valence-corrected chi connectivity index (χ3v) is 5.16. The van der Waals surface area contributed by atoms with Crippen LogP contribution >= 0.6 is 0 Å². The summed E-state index contributed by atoms with van der Waals surface area (Å²) in [7, 11) is 0. The molecular formula is C23H22N6. The number of pyridine rings is 1. The molecule has 4 aromatic rings. The molecule has 0 saturated carbocycles. The van der Waals surface area contributed by atoms with Crippen LogP contribution in [0.15, 0.2) is 79.0 Å². The highest BCUT2D eigenvalue weighted by Crippen LogP contribution is 2.27. The summed E-state index contributed by atoms with van der Waals surface area (Å²) in [4.78, 5) is 18.8. The van der Waals surface area contributed by atoms with Crippen molar-refractivity contribution < 1.29 is 0 Å². The van der Waals surface area contributed by atoms with Crippen molar-refractivity contribution in [3.63, 3.8) is 0 Å². The number of para-hydroxylation sites is 2. The number of piperazine rings is 1. The lowest BCUT2D eigenvalue weighted by Crippen LogP contribution is -2.47. The molecule has 6 heteroatoms. The molecule has 0 amide bonds.